The van der Waals surface area contributed by atoms with E-state index in [4.69, 9.17) is 16.3 Å². The average molecular weight is 343 g/mol. The fraction of sp³-hybridized carbons (Fsp3) is 0.0588. The van der Waals surface area contributed by atoms with Crippen LogP contribution in [0.4, 0.5) is 0 Å². The molecule has 0 aliphatic rings. The smallest absolute Gasteiger partial charge is 0.160 e. The van der Waals surface area contributed by atoms with Gasteiger partial charge in [0, 0.05) is 5.02 Å². The van der Waals surface area contributed by atoms with E-state index in [1.807, 2.05) is 6.07 Å². The fourth-order valence-electron chi connectivity index (χ4n) is 2.12. The first-order valence-corrected chi connectivity index (χ1v) is 7.85. The van der Waals surface area contributed by atoms with Crippen LogP contribution in [0.25, 0.3) is 21.9 Å². The second kappa shape index (κ2) is 6.29. The van der Waals surface area contributed by atoms with Gasteiger partial charge in [-0.05, 0) is 42.0 Å². The molecule has 3 rings (SSSR count). The molecule has 0 bridgehead atoms. The van der Waals surface area contributed by atoms with Crippen molar-refractivity contribution in [3.8, 4) is 17.6 Å². The number of thiazole rings is 1. The number of halogens is 1. The lowest BCUT2D eigenvalue weighted by Crippen LogP contribution is -1.85. The van der Waals surface area contributed by atoms with Gasteiger partial charge in [-0.1, -0.05) is 17.7 Å². The molecule has 0 spiro atoms. The largest absolute Gasteiger partial charge is 0.504 e. The lowest BCUT2D eigenvalue weighted by Gasteiger charge is -2.03. The maximum Gasteiger partial charge on any atom is 0.160 e. The fourth-order valence-corrected chi connectivity index (χ4v) is 3.20. The van der Waals surface area contributed by atoms with Crippen molar-refractivity contribution in [2.24, 2.45) is 0 Å². The van der Waals surface area contributed by atoms with Crippen molar-refractivity contribution in [1.82, 2.24) is 4.98 Å². The van der Waals surface area contributed by atoms with E-state index in [0.717, 1.165) is 10.2 Å². The van der Waals surface area contributed by atoms with Crippen LogP contribution >= 0.6 is 22.9 Å². The van der Waals surface area contributed by atoms with Gasteiger partial charge in [0.1, 0.15) is 11.1 Å². The van der Waals surface area contributed by atoms with Crippen molar-refractivity contribution in [2.75, 3.05) is 7.11 Å². The van der Waals surface area contributed by atoms with Crippen molar-refractivity contribution < 1.29 is 9.84 Å². The number of phenolic OH excluding ortho intramolecular Hbond substituents is 1. The van der Waals surface area contributed by atoms with Crippen molar-refractivity contribution in [2.45, 2.75) is 0 Å². The molecule has 4 nitrogen and oxygen atoms in total. The van der Waals surface area contributed by atoms with E-state index < -0.39 is 0 Å². The zero-order valence-electron chi connectivity index (χ0n) is 12.1. The Morgan fingerprint density at radius 1 is 1.35 bits per heavy atom. The van der Waals surface area contributed by atoms with Crippen molar-refractivity contribution in [1.29, 1.82) is 5.26 Å². The normalized spacial score (nSPS) is 11.4. The average Bonchev–Trinajstić information content (AvgIpc) is 2.95. The van der Waals surface area contributed by atoms with Crippen molar-refractivity contribution >= 4 is 44.8 Å². The van der Waals surface area contributed by atoms with Gasteiger partial charge in [-0.15, -0.1) is 11.3 Å². The monoisotopic (exact) mass is 342 g/mol. The summed E-state index contributed by atoms with van der Waals surface area (Å²) in [5, 5.41) is 20.5. The van der Waals surface area contributed by atoms with E-state index in [-0.39, 0.29) is 5.75 Å². The van der Waals surface area contributed by atoms with Crippen LogP contribution in [0.1, 0.15) is 10.6 Å². The highest BCUT2D eigenvalue weighted by molar-refractivity contribution is 7.19. The van der Waals surface area contributed by atoms with Gasteiger partial charge in [-0.3, -0.25) is 0 Å². The summed E-state index contributed by atoms with van der Waals surface area (Å²) in [5.41, 5.74) is 1.88. The summed E-state index contributed by atoms with van der Waals surface area (Å²) in [5.74, 6) is 0.407. The second-order valence-corrected chi connectivity index (χ2v) is 6.20. The van der Waals surface area contributed by atoms with Crippen LogP contribution < -0.4 is 4.74 Å². The standard InChI is InChI=1S/C17H11ClN2O2S/c1-22-15-4-2-10(7-14(15)21)6-11(9-19)17-20-13-8-12(18)3-5-16(13)23-17/h2-8,21H,1H3. The highest BCUT2D eigenvalue weighted by atomic mass is 35.5. The first kappa shape index (κ1) is 15.3. The van der Waals surface area contributed by atoms with Crippen LogP contribution in [0, 0.1) is 11.3 Å². The highest BCUT2D eigenvalue weighted by Crippen LogP contribution is 2.31. The van der Waals surface area contributed by atoms with Crippen LogP contribution in [-0.2, 0) is 0 Å². The number of hydrogen-bond acceptors (Lipinski definition) is 5. The van der Waals surface area contributed by atoms with Crippen LogP contribution in [-0.4, -0.2) is 17.2 Å². The molecule has 1 aromatic heterocycles. The molecule has 0 fully saturated rings. The molecule has 0 atom stereocenters. The van der Waals surface area contributed by atoms with E-state index in [0.29, 0.717) is 26.9 Å². The van der Waals surface area contributed by atoms with Crippen LogP contribution in [0.2, 0.25) is 5.02 Å². The molecule has 0 aliphatic heterocycles. The number of nitrogens with zero attached hydrogens (tertiary/aromatic N) is 2. The highest BCUT2D eigenvalue weighted by Gasteiger charge is 2.10. The lowest BCUT2D eigenvalue weighted by molar-refractivity contribution is 0.373. The second-order valence-electron chi connectivity index (χ2n) is 4.73. The van der Waals surface area contributed by atoms with E-state index in [2.05, 4.69) is 11.1 Å². The summed E-state index contributed by atoms with van der Waals surface area (Å²) in [6, 6.07) is 12.6. The number of ether oxygens (including phenoxy) is 1. The third-order valence-corrected chi connectivity index (χ3v) is 4.52. The zero-order valence-corrected chi connectivity index (χ0v) is 13.6. The number of aromatic nitrogens is 1. The van der Waals surface area contributed by atoms with Crippen molar-refractivity contribution in [3.63, 3.8) is 0 Å². The Bertz CT molecular complexity index is 957. The Kier molecular flexibility index (Phi) is 4.20. The minimum atomic E-state index is 0.0228. The molecule has 0 radical (unpaired) electrons. The third kappa shape index (κ3) is 3.14. The van der Waals surface area contributed by atoms with E-state index >= 15 is 0 Å². The van der Waals surface area contributed by atoms with Gasteiger partial charge < -0.3 is 9.84 Å². The Morgan fingerprint density at radius 2 is 2.17 bits per heavy atom. The molecular weight excluding hydrogens is 332 g/mol. The van der Waals surface area contributed by atoms with Crippen LogP contribution in [0.3, 0.4) is 0 Å². The summed E-state index contributed by atoms with van der Waals surface area (Å²) >= 11 is 7.38. The summed E-state index contributed by atoms with van der Waals surface area (Å²) in [6.07, 6.45) is 1.68. The van der Waals surface area contributed by atoms with Crippen LogP contribution in [0.15, 0.2) is 36.4 Å². The Hall–Kier alpha value is -2.55. The maximum absolute atomic E-state index is 9.83. The number of fused-ring (bicyclic) bond motifs is 1. The molecule has 2 aromatic carbocycles. The first-order chi connectivity index (χ1) is 11.1. The minimum Gasteiger partial charge on any atom is -0.504 e. The number of methoxy groups -OCH3 is 1. The number of hydrogen-bond donors (Lipinski definition) is 1. The summed E-state index contributed by atoms with van der Waals surface area (Å²) < 4.78 is 5.97. The molecule has 6 heteroatoms. The molecule has 114 valence electrons. The van der Waals surface area contributed by atoms with Gasteiger partial charge in [0.15, 0.2) is 11.5 Å². The number of benzene rings is 2. The number of allylic oxidation sites excluding steroid dienone is 1. The minimum absolute atomic E-state index is 0.0228. The van der Waals surface area contributed by atoms with E-state index in [1.54, 1.807) is 36.4 Å². The number of nitriles is 1. The summed E-state index contributed by atoms with van der Waals surface area (Å²) in [4.78, 5) is 4.45. The van der Waals surface area contributed by atoms with Gasteiger partial charge in [0.2, 0.25) is 0 Å². The molecule has 0 amide bonds. The molecule has 23 heavy (non-hydrogen) atoms. The zero-order chi connectivity index (χ0) is 16.4. The van der Waals surface area contributed by atoms with E-state index in [1.165, 1.54) is 18.4 Å². The predicted molar refractivity (Wildman–Crippen MR) is 92.8 cm³/mol. The molecular formula is C17H11ClN2O2S. The predicted octanol–water partition coefficient (Wildman–Crippen LogP) is 4.73. The molecule has 1 heterocycles. The molecule has 0 saturated heterocycles. The Labute approximate surface area is 141 Å². The molecule has 0 saturated carbocycles. The van der Waals surface area contributed by atoms with Gasteiger partial charge in [-0.25, -0.2) is 4.98 Å². The Balaban J connectivity index is 2.04. The van der Waals surface area contributed by atoms with Gasteiger partial charge in [0.25, 0.3) is 0 Å². The SMILES string of the molecule is COc1ccc(C=C(C#N)c2nc3cc(Cl)ccc3s2)cc1O. The number of phenols is 1. The summed E-state index contributed by atoms with van der Waals surface area (Å²) in [6.45, 7) is 0. The van der Waals surface area contributed by atoms with E-state index in [9.17, 15) is 10.4 Å². The third-order valence-electron chi connectivity index (χ3n) is 3.21. The molecule has 0 unspecified atom stereocenters. The topological polar surface area (TPSA) is 66.1 Å². The molecule has 3 aromatic rings. The Morgan fingerprint density at radius 3 is 2.87 bits per heavy atom. The van der Waals surface area contributed by atoms with Gasteiger partial charge >= 0.3 is 0 Å². The first-order valence-electron chi connectivity index (χ1n) is 6.66. The summed E-state index contributed by atoms with van der Waals surface area (Å²) in [7, 11) is 1.48. The quantitative estimate of drug-likeness (QED) is 0.699. The van der Waals surface area contributed by atoms with Crippen molar-refractivity contribution in [3.05, 3.63) is 52.0 Å². The maximum atomic E-state index is 9.83. The molecule has 1 N–H and O–H groups in total. The number of rotatable bonds is 3. The molecule has 0 aliphatic carbocycles. The van der Waals surface area contributed by atoms with Gasteiger partial charge in [0.05, 0.1) is 22.9 Å². The lowest BCUT2D eigenvalue weighted by atomic mass is 10.1. The number of aromatic hydroxyl groups is 1. The van der Waals surface area contributed by atoms with Gasteiger partial charge in [-0.2, -0.15) is 5.26 Å². The van der Waals surface area contributed by atoms with Crippen LogP contribution in [0.5, 0.6) is 11.5 Å².